The average molecular weight is 112 g/mol. The van der Waals surface area contributed by atoms with Crippen molar-refractivity contribution in [3.8, 4) is 12.3 Å². The van der Waals surface area contributed by atoms with Crippen LogP contribution in [0.4, 0.5) is 0 Å². The maximum Gasteiger partial charge on any atom is 0.107 e. The van der Waals surface area contributed by atoms with E-state index >= 15 is 0 Å². The molecule has 0 aromatic carbocycles. The number of hydrogen-bond acceptors (Lipinski definition) is 2. The molecule has 1 heterocycles. The highest BCUT2D eigenvalue weighted by Gasteiger charge is 2.21. The molecular weight excluding hydrogens is 104 g/mol. The molecular formula is C6H8O2. The number of terminal acetylenes is 1. The minimum Gasteiger partial charge on any atom is -0.371 e. The number of hydrogen-bond donors (Lipinski definition) is 0. The van der Waals surface area contributed by atoms with E-state index in [1.807, 2.05) is 0 Å². The maximum absolute atomic E-state index is 4.95. The molecule has 0 saturated carbocycles. The van der Waals surface area contributed by atoms with Crippen LogP contribution in [0.5, 0.6) is 0 Å². The minimum atomic E-state index is 0.336. The standard InChI is InChI=1S/C6H8O2/c1-2-3-7-4-6-5-8-6/h1,6H,3-5H2/t6-/m1/s1. The van der Waals surface area contributed by atoms with Crippen molar-refractivity contribution in [2.24, 2.45) is 0 Å². The predicted octanol–water partition coefficient (Wildman–Crippen LogP) is 0.0350. The van der Waals surface area contributed by atoms with Crippen molar-refractivity contribution in [2.75, 3.05) is 19.8 Å². The summed E-state index contributed by atoms with van der Waals surface area (Å²) in [7, 11) is 0. The lowest BCUT2D eigenvalue weighted by Gasteiger charge is -1.91. The first-order valence-electron chi connectivity index (χ1n) is 2.56. The summed E-state index contributed by atoms with van der Waals surface area (Å²) in [5, 5.41) is 0. The van der Waals surface area contributed by atoms with Crippen molar-refractivity contribution >= 4 is 0 Å². The lowest BCUT2D eigenvalue weighted by molar-refractivity contribution is 0.145. The molecule has 0 radical (unpaired) electrons. The van der Waals surface area contributed by atoms with E-state index in [9.17, 15) is 0 Å². The molecule has 0 spiro atoms. The van der Waals surface area contributed by atoms with Crippen molar-refractivity contribution in [1.29, 1.82) is 0 Å². The van der Waals surface area contributed by atoms with Gasteiger partial charge in [0.15, 0.2) is 0 Å². The molecule has 0 aromatic rings. The molecule has 1 aliphatic heterocycles. The van der Waals surface area contributed by atoms with Crippen LogP contribution in [0, 0.1) is 12.3 Å². The predicted molar refractivity (Wildman–Crippen MR) is 29.4 cm³/mol. The fourth-order valence-electron chi connectivity index (χ4n) is 0.414. The lowest BCUT2D eigenvalue weighted by atomic mass is 10.5. The summed E-state index contributed by atoms with van der Waals surface area (Å²) in [5.74, 6) is 2.37. The Morgan fingerprint density at radius 2 is 2.62 bits per heavy atom. The van der Waals surface area contributed by atoms with Gasteiger partial charge in [-0.25, -0.2) is 0 Å². The van der Waals surface area contributed by atoms with E-state index in [2.05, 4.69) is 5.92 Å². The van der Waals surface area contributed by atoms with Crippen LogP contribution in [0.25, 0.3) is 0 Å². The summed E-state index contributed by atoms with van der Waals surface area (Å²) in [6, 6.07) is 0. The van der Waals surface area contributed by atoms with Gasteiger partial charge in [0, 0.05) is 0 Å². The van der Waals surface area contributed by atoms with Crippen molar-refractivity contribution in [3.63, 3.8) is 0 Å². The average Bonchev–Trinajstić information content (AvgIpc) is 2.51. The molecule has 1 saturated heterocycles. The van der Waals surface area contributed by atoms with Crippen LogP contribution in [0.2, 0.25) is 0 Å². The van der Waals surface area contributed by atoms with Crippen LogP contribution in [0.1, 0.15) is 0 Å². The van der Waals surface area contributed by atoms with Crippen LogP contribution in [-0.2, 0) is 9.47 Å². The zero-order valence-electron chi connectivity index (χ0n) is 4.59. The highest BCUT2D eigenvalue weighted by molar-refractivity contribution is 4.83. The van der Waals surface area contributed by atoms with E-state index in [0.717, 1.165) is 6.61 Å². The van der Waals surface area contributed by atoms with Gasteiger partial charge >= 0.3 is 0 Å². The number of ether oxygens (including phenoxy) is 2. The van der Waals surface area contributed by atoms with E-state index in [4.69, 9.17) is 15.9 Å². The van der Waals surface area contributed by atoms with Gasteiger partial charge in [-0.3, -0.25) is 0 Å². The third-order valence-corrected chi connectivity index (χ3v) is 0.892. The van der Waals surface area contributed by atoms with Gasteiger partial charge in [0.05, 0.1) is 13.2 Å². The van der Waals surface area contributed by atoms with Crippen LogP contribution in [0.15, 0.2) is 0 Å². The van der Waals surface area contributed by atoms with Crippen LogP contribution in [0.3, 0.4) is 0 Å². The van der Waals surface area contributed by atoms with E-state index in [0.29, 0.717) is 19.3 Å². The van der Waals surface area contributed by atoms with E-state index in [-0.39, 0.29) is 0 Å². The van der Waals surface area contributed by atoms with Gasteiger partial charge in [-0.05, 0) is 0 Å². The molecule has 0 N–H and O–H groups in total. The third-order valence-electron chi connectivity index (χ3n) is 0.892. The van der Waals surface area contributed by atoms with Crippen molar-refractivity contribution in [2.45, 2.75) is 6.10 Å². The molecule has 0 amide bonds. The second-order valence-corrected chi connectivity index (χ2v) is 1.67. The molecule has 0 unspecified atom stereocenters. The highest BCUT2D eigenvalue weighted by atomic mass is 16.6. The van der Waals surface area contributed by atoms with Crippen LogP contribution < -0.4 is 0 Å². The summed E-state index contributed by atoms with van der Waals surface area (Å²) in [6.07, 6.45) is 5.26. The Hall–Kier alpha value is -0.520. The molecule has 1 aliphatic rings. The second kappa shape index (κ2) is 2.71. The summed E-state index contributed by atoms with van der Waals surface area (Å²) < 4.78 is 9.81. The Morgan fingerprint density at radius 3 is 3.12 bits per heavy atom. The fraction of sp³-hybridized carbons (Fsp3) is 0.667. The van der Waals surface area contributed by atoms with Gasteiger partial charge in [-0.15, -0.1) is 6.42 Å². The molecule has 8 heavy (non-hydrogen) atoms. The highest BCUT2D eigenvalue weighted by Crippen LogP contribution is 2.07. The van der Waals surface area contributed by atoms with Gasteiger partial charge in [-0.2, -0.15) is 0 Å². The van der Waals surface area contributed by atoms with Gasteiger partial charge in [0.25, 0.3) is 0 Å². The molecule has 2 heteroatoms. The zero-order valence-corrected chi connectivity index (χ0v) is 4.59. The van der Waals surface area contributed by atoms with E-state index < -0.39 is 0 Å². The number of rotatable bonds is 3. The largest absolute Gasteiger partial charge is 0.371 e. The first-order chi connectivity index (χ1) is 3.93. The Labute approximate surface area is 48.8 Å². The van der Waals surface area contributed by atoms with Crippen LogP contribution >= 0.6 is 0 Å². The molecule has 44 valence electrons. The van der Waals surface area contributed by atoms with Gasteiger partial charge in [0.1, 0.15) is 12.7 Å². The molecule has 0 aliphatic carbocycles. The van der Waals surface area contributed by atoms with Crippen LogP contribution in [-0.4, -0.2) is 25.9 Å². The second-order valence-electron chi connectivity index (χ2n) is 1.67. The monoisotopic (exact) mass is 112 g/mol. The Kier molecular flexibility index (Phi) is 1.90. The maximum atomic E-state index is 4.95. The van der Waals surface area contributed by atoms with E-state index in [1.165, 1.54) is 0 Å². The molecule has 0 bridgehead atoms. The quantitative estimate of drug-likeness (QED) is 0.292. The van der Waals surface area contributed by atoms with Crippen molar-refractivity contribution in [1.82, 2.24) is 0 Å². The summed E-state index contributed by atoms with van der Waals surface area (Å²) in [4.78, 5) is 0. The van der Waals surface area contributed by atoms with Gasteiger partial charge < -0.3 is 9.47 Å². The summed E-state index contributed by atoms with van der Waals surface area (Å²) in [5.41, 5.74) is 0. The lowest BCUT2D eigenvalue weighted by Crippen LogP contribution is -2.00. The Morgan fingerprint density at radius 1 is 1.88 bits per heavy atom. The van der Waals surface area contributed by atoms with Crippen molar-refractivity contribution < 1.29 is 9.47 Å². The van der Waals surface area contributed by atoms with Gasteiger partial charge in [0.2, 0.25) is 0 Å². The minimum absolute atomic E-state index is 0.336. The Bertz CT molecular complexity index is 99.6. The smallest absolute Gasteiger partial charge is 0.107 e. The summed E-state index contributed by atoms with van der Waals surface area (Å²) in [6.45, 7) is 1.90. The summed E-state index contributed by atoms with van der Waals surface area (Å²) >= 11 is 0. The molecule has 0 aromatic heterocycles. The van der Waals surface area contributed by atoms with Gasteiger partial charge in [-0.1, -0.05) is 5.92 Å². The molecule has 2 nitrogen and oxygen atoms in total. The zero-order chi connectivity index (χ0) is 5.82. The number of epoxide rings is 1. The molecule has 1 atom stereocenters. The first kappa shape index (κ1) is 5.61. The molecule has 1 rings (SSSR count). The van der Waals surface area contributed by atoms with E-state index in [1.54, 1.807) is 0 Å². The third kappa shape index (κ3) is 1.97. The topological polar surface area (TPSA) is 21.8 Å². The normalized spacial score (nSPS) is 24.6. The molecule has 1 fully saturated rings. The fourth-order valence-corrected chi connectivity index (χ4v) is 0.414. The first-order valence-corrected chi connectivity index (χ1v) is 2.56. The SMILES string of the molecule is C#CCOC[C@@H]1CO1. The van der Waals surface area contributed by atoms with Crippen molar-refractivity contribution in [3.05, 3.63) is 0 Å². The Balaban J connectivity index is 1.83.